The molecule has 5 fully saturated rings. The molecule has 2 aliphatic heterocycles. The highest BCUT2D eigenvalue weighted by Gasteiger charge is 2.61. The topological polar surface area (TPSA) is 194 Å². The number of benzene rings is 1. The van der Waals surface area contributed by atoms with Crippen molar-refractivity contribution in [1.29, 1.82) is 0 Å². The molecule has 1 unspecified atom stereocenters. The van der Waals surface area contributed by atoms with Crippen LogP contribution in [0.5, 0.6) is 11.5 Å². The number of fused-ring (bicyclic) bond motifs is 2. The fraction of sp³-hybridized carbons (Fsp3) is 0.652. The molecule has 18 heteroatoms. The van der Waals surface area contributed by atoms with Crippen molar-refractivity contribution in [2.75, 3.05) is 51.3 Å². The Labute approximate surface area is 383 Å². The highest BCUT2D eigenvalue weighted by molar-refractivity contribution is 7.14. The van der Waals surface area contributed by atoms with Crippen LogP contribution >= 0.6 is 22.9 Å². The Bertz CT molecular complexity index is 2220. The van der Waals surface area contributed by atoms with Gasteiger partial charge in [0, 0.05) is 48.9 Å². The predicted octanol–water partition coefficient (Wildman–Crippen LogP) is 6.59. The summed E-state index contributed by atoms with van der Waals surface area (Å²) in [5.74, 6) is -0.409. The number of hydrogen-bond donors (Lipinski definition) is 4. The summed E-state index contributed by atoms with van der Waals surface area (Å²) in [7, 11) is 0. The molecule has 8 rings (SSSR count). The molecule has 2 saturated heterocycles. The van der Waals surface area contributed by atoms with Gasteiger partial charge in [-0.3, -0.25) is 14.5 Å². The SMILES string of the molecule is CC[C@@H]1C[C@]1(NC(=O)[C@@H]1C[C@@H](Oc2cc(-c3csc(NC(C)C)n3)nc3c(Cl)c(OCCN4CCOCC4)ccc23)CN1C(=O)[C@@H](NC(=O)OC1C[C@H]2CC[C@H]2C1)C(C)(C)C)C(=O)O. The summed E-state index contributed by atoms with van der Waals surface area (Å²) in [4.78, 5) is 68.7. The number of hydrogen-bond acceptors (Lipinski definition) is 13. The summed E-state index contributed by atoms with van der Waals surface area (Å²) in [6.07, 6.45) is 3.23. The van der Waals surface area contributed by atoms with Crippen LogP contribution in [0.2, 0.25) is 5.02 Å². The monoisotopic (exact) mass is 923 g/mol. The van der Waals surface area contributed by atoms with Crippen molar-refractivity contribution in [2.24, 2.45) is 23.2 Å². The molecule has 8 atom stereocenters. The lowest BCUT2D eigenvalue weighted by atomic mass is 9.77. The average Bonchev–Trinajstić information content (AvgIpc) is 3.46. The fourth-order valence-electron chi connectivity index (χ4n) is 9.76. The highest BCUT2D eigenvalue weighted by Crippen LogP contribution is 2.48. The Kier molecular flexibility index (Phi) is 13.5. The summed E-state index contributed by atoms with van der Waals surface area (Å²) in [5.41, 5.74) is -0.685. The second-order valence-electron chi connectivity index (χ2n) is 19.5. The molecule has 5 aliphatic rings. The summed E-state index contributed by atoms with van der Waals surface area (Å²) in [5, 5.41) is 22.8. The minimum Gasteiger partial charge on any atom is -0.491 e. The Hall–Kier alpha value is -4.45. The maximum absolute atomic E-state index is 14.9. The number of likely N-dealkylation sites (tertiary alicyclic amines) is 1. The first kappa shape index (κ1) is 46.1. The van der Waals surface area contributed by atoms with Gasteiger partial charge >= 0.3 is 12.1 Å². The number of aromatic nitrogens is 2. The molecule has 4 N–H and O–H groups in total. The molecule has 2 aromatic heterocycles. The van der Waals surface area contributed by atoms with E-state index in [1.807, 2.05) is 53.0 Å². The predicted molar refractivity (Wildman–Crippen MR) is 243 cm³/mol. The summed E-state index contributed by atoms with van der Waals surface area (Å²) < 4.78 is 24.4. The largest absolute Gasteiger partial charge is 0.491 e. The molecule has 0 bridgehead atoms. The number of carboxylic acids is 1. The zero-order valence-electron chi connectivity index (χ0n) is 37.6. The third-order valence-electron chi connectivity index (χ3n) is 13.6. The van der Waals surface area contributed by atoms with Gasteiger partial charge < -0.3 is 44.9 Å². The van der Waals surface area contributed by atoms with Gasteiger partial charge in [-0.05, 0) is 81.3 Å². The third-order valence-corrected chi connectivity index (χ3v) is 14.8. The first-order chi connectivity index (χ1) is 30.5. The first-order valence-corrected chi connectivity index (χ1v) is 24.1. The Balaban J connectivity index is 1.09. The molecular weight excluding hydrogens is 862 g/mol. The summed E-state index contributed by atoms with van der Waals surface area (Å²) in [6, 6.07) is 3.38. The molecule has 1 aromatic carbocycles. The lowest BCUT2D eigenvalue weighted by Gasteiger charge is -2.35. The van der Waals surface area contributed by atoms with E-state index in [0.717, 1.165) is 43.9 Å². The number of nitrogens with zero attached hydrogens (tertiary/aromatic N) is 4. The van der Waals surface area contributed by atoms with Gasteiger partial charge in [0.1, 0.15) is 58.7 Å². The van der Waals surface area contributed by atoms with E-state index in [9.17, 15) is 24.3 Å². The van der Waals surface area contributed by atoms with Crippen molar-refractivity contribution in [3.8, 4) is 22.9 Å². The number of anilines is 1. The number of carboxylic acid groups (broad SMARTS) is 1. The van der Waals surface area contributed by atoms with Crippen LogP contribution in [0.1, 0.15) is 86.5 Å². The van der Waals surface area contributed by atoms with E-state index < -0.39 is 53.0 Å². The van der Waals surface area contributed by atoms with Crippen molar-refractivity contribution >= 4 is 62.8 Å². The number of pyridine rings is 1. The first-order valence-electron chi connectivity index (χ1n) is 22.8. The van der Waals surface area contributed by atoms with E-state index in [1.165, 1.54) is 16.2 Å². The number of carbonyl (C=O) groups excluding carboxylic acids is 3. The Morgan fingerprint density at radius 3 is 2.41 bits per heavy atom. The molecule has 4 heterocycles. The van der Waals surface area contributed by atoms with Crippen LogP contribution in [0.3, 0.4) is 0 Å². The van der Waals surface area contributed by atoms with Gasteiger partial charge in [0.15, 0.2) is 5.13 Å². The van der Waals surface area contributed by atoms with E-state index in [2.05, 4.69) is 20.9 Å². The maximum atomic E-state index is 14.9. The second kappa shape index (κ2) is 18.8. The molecule has 3 amide bonds. The smallest absolute Gasteiger partial charge is 0.408 e. The molecular formula is C46H62ClN7O9S. The number of halogens is 1. The van der Waals surface area contributed by atoms with Crippen molar-refractivity contribution in [3.05, 3.63) is 28.6 Å². The van der Waals surface area contributed by atoms with Crippen LogP contribution in [-0.4, -0.2) is 131 Å². The minimum absolute atomic E-state index is 0.0295. The average molecular weight is 925 g/mol. The lowest BCUT2D eigenvalue weighted by molar-refractivity contribution is -0.146. The van der Waals surface area contributed by atoms with E-state index in [1.54, 1.807) is 12.1 Å². The van der Waals surface area contributed by atoms with Crippen LogP contribution in [0.15, 0.2) is 23.6 Å². The quantitative estimate of drug-likeness (QED) is 0.120. The van der Waals surface area contributed by atoms with E-state index in [4.69, 9.17) is 40.5 Å². The molecule has 348 valence electrons. The Morgan fingerprint density at radius 2 is 1.77 bits per heavy atom. The number of aliphatic carboxylic acids is 1. The van der Waals surface area contributed by atoms with E-state index >= 15 is 0 Å². The van der Waals surface area contributed by atoms with Gasteiger partial charge in [-0.2, -0.15) is 0 Å². The molecule has 0 spiro atoms. The van der Waals surface area contributed by atoms with Gasteiger partial charge in [0.25, 0.3) is 0 Å². The maximum Gasteiger partial charge on any atom is 0.408 e. The molecule has 3 aliphatic carbocycles. The van der Waals surface area contributed by atoms with E-state index in [0.29, 0.717) is 89.9 Å². The zero-order valence-corrected chi connectivity index (χ0v) is 39.2. The van der Waals surface area contributed by atoms with Crippen molar-refractivity contribution < 1.29 is 43.2 Å². The zero-order chi connectivity index (χ0) is 45.5. The van der Waals surface area contributed by atoms with Crippen LogP contribution in [0.4, 0.5) is 9.93 Å². The molecule has 16 nitrogen and oxygen atoms in total. The number of nitrogens with one attached hydrogen (secondary N) is 3. The number of morpholine rings is 1. The molecule has 64 heavy (non-hydrogen) atoms. The van der Waals surface area contributed by atoms with Crippen LogP contribution < -0.4 is 25.4 Å². The van der Waals surface area contributed by atoms with Gasteiger partial charge in [-0.25, -0.2) is 19.6 Å². The van der Waals surface area contributed by atoms with Crippen molar-refractivity contribution in [1.82, 2.24) is 30.4 Å². The number of carbonyl (C=O) groups is 4. The van der Waals surface area contributed by atoms with Crippen molar-refractivity contribution in [3.63, 3.8) is 0 Å². The Morgan fingerprint density at radius 1 is 1.03 bits per heavy atom. The summed E-state index contributed by atoms with van der Waals surface area (Å²) >= 11 is 8.56. The number of ether oxygens (including phenoxy) is 4. The second-order valence-corrected chi connectivity index (χ2v) is 20.8. The number of alkyl carbamates (subject to hydrolysis) is 1. The minimum atomic E-state index is -1.42. The van der Waals surface area contributed by atoms with Crippen LogP contribution in [0.25, 0.3) is 22.3 Å². The van der Waals surface area contributed by atoms with Crippen molar-refractivity contribution in [2.45, 2.75) is 122 Å². The van der Waals surface area contributed by atoms with Crippen LogP contribution in [-0.2, 0) is 23.9 Å². The number of rotatable bonds is 16. The van der Waals surface area contributed by atoms with Gasteiger partial charge in [-0.15, -0.1) is 11.3 Å². The standard InChI is InChI=1S/C46H62ClN7O9S/c1-7-28-22-46(28,42(57)58)52-40(55)34-20-30(23-54(34)41(56)39(45(4,5)6)51-44(59)63-29-18-26-8-9-27(26)19-29)62-36-21-32(33-24-64-43(50-33)48-25(2)3)49-38-31(36)10-11-35(37(38)47)61-17-14-53-12-15-60-16-13-53/h10-11,21,24-30,34,39H,7-9,12-20,22-23H2,1-6H3,(H,48,50)(H,51,59)(H,52,55)(H,57,58)/t26-,27+,28-,29?,30-,34+,39-,46-/m1/s1. The third kappa shape index (κ3) is 9.87. The molecule has 3 aromatic rings. The normalized spacial score (nSPS) is 27.1. The summed E-state index contributed by atoms with van der Waals surface area (Å²) in [6.45, 7) is 15.6. The lowest BCUT2D eigenvalue weighted by Crippen LogP contribution is -2.59. The highest BCUT2D eigenvalue weighted by atomic mass is 35.5. The molecule has 0 radical (unpaired) electrons. The van der Waals surface area contributed by atoms with Gasteiger partial charge in [0.05, 0.1) is 31.0 Å². The van der Waals surface area contributed by atoms with E-state index in [-0.39, 0.29) is 31.0 Å². The van der Waals surface area contributed by atoms with Gasteiger partial charge in [0.2, 0.25) is 11.8 Å². The van der Waals surface area contributed by atoms with Gasteiger partial charge in [-0.1, -0.05) is 45.7 Å². The number of amides is 3. The molecule has 3 saturated carbocycles. The fourth-order valence-corrected chi connectivity index (χ4v) is 10.9. The van der Waals surface area contributed by atoms with Crippen LogP contribution in [0, 0.1) is 23.2 Å². The number of thiazole rings is 1.